The largest absolute Gasteiger partial charge is 0.416 e. The lowest BCUT2D eigenvalue weighted by Crippen LogP contribution is -2.32. The molecule has 0 unspecified atom stereocenters. The lowest BCUT2D eigenvalue weighted by Gasteiger charge is -2.15. The Kier molecular flexibility index (Phi) is 5.05. The molecule has 1 aliphatic heterocycles. The molecule has 120 valence electrons. The maximum atomic E-state index is 12.6. The molecule has 1 heterocycles. The highest BCUT2D eigenvalue weighted by Crippen LogP contribution is 2.29. The van der Waals surface area contributed by atoms with Crippen LogP contribution in [0.5, 0.6) is 0 Å². The predicted molar refractivity (Wildman–Crippen MR) is 74.2 cm³/mol. The third-order valence-corrected chi connectivity index (χ3v) is 3.54. The molecule has 0 bridgehead atoms. The van der Waals surface area contributed by atoms with Gasteiger partial charge in [-0.05, 0) is 31.0 Å². The van der Waals surface area contributed by atoms with Gasteiger partial charge in [0, 0.05) is 31.6 Å². The van der Waals surface area contributed by atoms with Crippen LogP contribution in [-0.2, 0) is 11.0 Å². The number of benzene rings is 1. The second-order valence-corrected chi connectivity index (χ2v) is 5.17. The van der Waals surface area contributed by atoms with Crippen LogP contribution in [0.1, 0.15) is 35.2 Å². The van der Waals surface area contributed by atoms with Crippen LogP contribution in [0.15, 0.2) is 24.3 Å². The van der Waals surface area contributed by atoms with Crippen molar-refractivity contribution in [1.82, 2.24) is 10.2 Å². The van der Waals surface area contributed by atoms with Crippen LogP contribution in [0, 0.1) is 0 Å². The molecule has 1 saturated heterocycles. The zero-order valence-corrected chi connectivity index (χ0v) is 11.9. The van der Waals surface area contributed by atoms with E-state index in [0.29, 0.717) is 0 Å². The molecule has 0 spiro atoms. The van der Waals surface area contributed by atoms with Gasteiger partial charge in [0.15, 0.2) is 0 Å². The minimum Gasteiger partial charge on any atom is -0.352 e. The number of amides is 2. The van der Waals surface area contributed by atoms with Gasteiger partial charge in [0.05, 0.1) is 5.56 Å². The van der Waals surface area contributed by atoms with Crippen LogP contribution in [0.2, 0.25) is 0 Å². The molecule has 0 aliphatic carbocycles. The maximum Gasteiger partial charge on any atom is 0.416 e. The SMILES string of the molecule is O=C(NCCC(=O)N1CCCC1)c1cccc(C(F)(F)F)c1. The molecule has 1 aromatic rings. The summed E-state index contributed by atoms with van der Waals surface area (Å²) in [4.78, 5) is 25.3. The number of nitrogens with zero attached hydrogens (tertiary/aromatic N) is 1. The Morgan fingerprint density at radius 2 is 1.86 bits per heavy atom. The second kappa shape index (κ2) is 6.81. The maximum absolute atomic E-state index is 12.6. The number of rotatable bonds is 4. The molecular weight excluding hydrogens is 297 g/mol. The fourth-order valence-electron chi connectivity index (χ4n) is 2.35. The van der Waals surface area contributed by atoms with Crippen LogP contribution in [0.25, 0.3) is 0 Å². The first kappa shape index (κ1) is 16.3. The Morgan fingerprint density at radius 3 is 2.50 bits per heavy atom. The Hall–Kier alpha value is -2.05. The third kappa shape index (κ3) is 4.22. The van der Waals surface area contributed by atoms with E-state index in [4.69, 9.17) is 0 Å². The smallest absolute Gasteiger partial charge is 0.352 e. The van der Waals surface area contributed by atoms with Crippen molar-refractivity contribution in [3.8, 4) is 0 Å². The molecular formula is C15H17F3N2O2. The van der Waals surface area contributed by atoms with Gasteiger partial charge >= 0.3 is 6.18 Å². The molecule has 1 aliphatic rings. The summed E-state index contributed by atoms with van der Waals surface area (Å²) in [6, 6.07) is 4.21. The van der Waals surface area contributed by atoms with Crippen LogP contribution in [0.4, 0.5) is 13.2 Å². The van der Waals surface area contributed by atoms with Gasteiger partial charge in [-0.2, -0.15) is 13.2 Å². The molecule has 0 saturated carbocycles. The van der Waals surface area contributed by atoms with E-state index in [1.54, 1.807) is 4.90 Å². The zero-order chi connectivity index (χ0) is 16.2. The van der Waals surface area contributed by atoms with Gasteiger partial charge in [-0.1, -0.05) is 6.07 Å². The summed E-state index contributed by atoms with van der Waals surface area (Å²) in [5.41, 5.74) is -0.934. The van der Waals surface area contributed by atoms with E-state index in [-0.39, 0.29) is 24.4 Å². The minimum atomic E-state index is -4.48. The average molecular weight is 314 g/mol. The van der Waals surface area contributed by atoms with E-state index in [2.05, 4.69) is 5.32 Å². The molecule has 2 amide bonds. The number of hydrogen-bond donors (Lipinski definition) is 1. The average Bonchev–Trinajstić information content (AvgIpc) is 3.00. The van der Waals surface area contributed by atoms with Crippen LogP contribution in [-0.4, -0.2) is 36.3 Å². The monoisotopic (exact) mass is 314 g/mol. The van der Waals surface area contributed by atoms with Crippen molar-refractivity contribution in [3.63, 3.8) is 0 Å². The summed E-state index contributed by atoms with van der Waals surface area (Å²) in [6.07, 6.45) is -2.35. The highest BCUT2D eigenvalue weighted by Gasteiger charge is 2.30. The fraction of sp³-hybridized carbons (Fsp3) is 0.467. The van der Waals surface area contributed by atoms with Crippen molar-refractivity contribution in [2.45, 2.75) is 25.4 Å². The van der Waals surface area contributed by atoms with E-state index >= 15 is 0 Å². The summed E-state index contributed by atoms with van der Waals surface area (Å²) in [5.74, 6) is -0.651. The van der Waals surface area contributed by atoms with Crippen LogP contribution >= 0.6 is 0 Å². The molecule has 1 fully saturated rings. The second-order valence-electron chi connectivity index (χ2n) is 5.17. The molecule has 2 rings (SSSR count). The van der Waals surface area contributed by atoms with E-state index in [9.17, 15) is 22.8 Å². The molecule has 7 heteroatoms. The van der Waals surface area contributed by atoms with Crippen molar-refractivity contribution in [3.05, 3.63) is 35.4 Å². The number of hydrogen-bond acceptors (Lipinski definition) is 2. The summed E-state index contributed by atoms with van der Waals surface area (Å²) in [7, 11) is 0. The Morgan fingerprint density at radius 1 is 1.18 bits per heavy atom. The number of carbonyl (C=O) groups is 2. The van der Waals surface area contributed by atoms with Gasteiger partial charge in [0.25, 0.3) is 5.91 Å². The van der Waals surface area contributed by atoms with Gasteiger partial charge < -0.3 is 10.2 Å². The van der Waals surface area contributed by atoms with E-state index in [0.717, 1.165) is 38.1 Å². The van der Waals surface area contributed by atoms with Gasteiger partial charge in [-0.3, -0.25) is 9.59 Å². The first-order valence-electron chi connectivity index (χ1n) is 7.11. The predicted octanol–water partition coefficient (Wildman–Crippen LogP) is 2.45. The summed E-state index contributed by atoms with van der Waals surface area (Å²) < 4.78 is 37.7. The summed E-state index contributed by atoms with van der Waals surface area (Å²) in [5, 5.41) is 2.48. The van der Waals surface area contributed by atoms with Gasteiger partial charge in [-0.25, -0.2) is 0 Å². The Labute approximate surface area is 126 Å². The normalized spacial score (nSPS) is 15.0. The minimum absolute atomic E-state index is 0.0400. The topological polar surface area (TPSA) is 49.4 Å². The fourth-order valence-corrected chi connectivity index (χ4v) is 2.35. The highest BCUT2D eigenvalue weighted by molar-refractivity contribution is 5.94. The third-order valence-electron chi connectivity index (χ3n) is 3.54. The zero-order valence-electron chi connectivity index (χ0n) is 11.9. The quantitative estimate of drug-likeness (QED) is 0.928. The molecule has 0 aromatic heterocycles. The number of halogens is 3. The van der Waals surface area contributed by atoms with E-state index in [1.165, 1.54) is 12.1 Å². The van der Waals surface area contributed by atoms with Crippen molar-refractivity contribution in [2.75, 3.05) is 19.6 Å². The molecule has 4 nitrogen and oxygen atoms in total. The standard InChI is InChI=1S/C15H17F3N2O2/c16-15(17,18)12-5-3-4-11(10-12)14(22)19-7-6-13(21)20-8-1-2-9-20/h3-5,10H,1-2,6-9H2,(H,19,22). The molecule has 1 N–H and O–H groups in total. The van der Waals surface area contributed by atoms with Crippen molar-refractivity contribution >= 4 is 11.8 Å². The Bertz CT molecular complexity index is 552. The summed E-state index contributed by atoms with van der Waals surface area (Å²) >= 11 is 0. The molecule has 22 heavy (non-hydrogen) atoms. The molecule has 0 atom stereocenters. The highest BCUT2D eigenvalue weighted by atomic mass is 19.4. The first-order chi connectivity index (χ1) is 10.4. The van der Waals surface area contributed by atoms with Crippen LogP contribution in [0.3, 0.4) is 0 Å². The van der Waals surface area contributed by atoms with Gasteiger partial charge in [0.1, 0.15) is 0 Å². The van der Waals surface area contributed by atoms with Crippen molar-refractivity contribution in [2.24, 2.45) is 0 Å². The Balaban J connectivity index is 1.86. The van der Waals surface area contributed by atoms with Crippen LogP contribution < -0.4 is 5.32 Å². The molecule has 0 radical (unpaired) electrons. The van der Waals surface area contributed by atoms with E-state index < -0.39 is 17.6 Å². The lowest BCUT2D eigenvalue weighted by molar-refractivity contribution is -0.137. The van der Waals surface area contributed by atoms with E-state index in [1.807, 2.05) is 0 Å². The number of nitrogens with one attached hydrogen (secondary N) is 1. The molecule has 1 aromatic carbocycles. The first-order valence-corrected chi connectivity index (χ1v) is 7.11. The number of likely N-dealkylation sites (tertiary alicyclic amines) is 1. The summed E-state index contributed by atoms with van der Waals surface area (Å²) in [6.45, 7) is 1.59. The number of alkyl halides is 3. The van der Waals surface area contributed by atoms with Crippen molar-refractivity contribution < 1.29 is 22.8 Å². The van der Waals surface area contributed by atoms with Gasteiger partial charge in [0.2, 0.25) is 5.91 Å². The van der Waals surface area contributed by atoms with Gasteiger partial charge in [-0.15, -0.1) is 0 Å². The van der Waals surface area contributed by atoms with Crippen molar-refractivity contribution in [1.29, 1.82) is 0 Å². The number of carbonyl (C=O) groups excluding carboxylic acids is 2. The lowest BCUT2D eigenvalue weighted by atomic mass is 10.1.